The molecule has 19 heavy (non-hydrogen) atoms. The van der Waals surface area contributed by atoms with Gasteiger partial charge in [-0.05, 0) is 43.0 Å². The van der Waals surface area contributed by atoms with Gasteiger partial charge in [-0.2, -0.15) is 18.4 Å². The van der Waals surface area contributed by atoms with Gasteiger partial charge >= 0.3 is 6.18 Å². The molecule has 1 N–H and O–H groups in total. The van der Waals surface area contributed by atoms with Crippen LogP contribution in [0.15, 0.2) is 12.1 Å². The van der Waals surface area contributed by atoms with E-state index in [-0.39, 0.29) is 18.4 Å². The maximum atomic E-state index is 13.0. The van der Waals surface area contributed by atoms with Crippen LogP contribution >= 0.6 is 0 Å². The lowest BCUT2D eigenvalue weighted by molar-refractivity contribution is -0.141. The van der Waals surface area contributed by atoms with E-state index in [2.05, 4.69) is 4.98 Å². The zero-order valence-electron chi connectivity index (χ0n) is 10.7. The number of nitrogens with one attached hydrogen (secondary N) is 1. The number of aromatic amines is 1. The van der Waals surface area contributed by atoms with E-state index in [1.165, 1.54) is 0 Å². The first-order valence-corrected chi connectivity index (χ1v) is 5.90. The Morgan fingerprint density at radius 3 is 2.53 bits per heavy atom. The summed E-state index contributed by atoms with van der Waals surface area (Å²) in [6, 6.07) is 5.45. The summed E-state index contributed by atoms with van der Waals surface area (Å²) in [6.45, 7) is 3.63. The highest BCUT2D eigenvalue weighted by atomic mass is 19.4. The second-order valence-corrected chi connectivity index (χ2v) is 4.64. The molecule has 0 amide bonds. The minimum absolute atomic E-state index is 0.0728. The van der Waals surface area contributed by atoms with E-state index in [4.69, 9.17) is 5.26 Å². The average Bonchev–Trinajstić information content (AvgIpc) is 2.64. The van der Waals surface area contributed by atoms with E-state index in [0.717, 1.165) is 11.1 Å². The van der Waals surface area contributed by atoms with Crippen LogP contribution in [0.5, 0.6) is 0 Å². The Morgan fingerprint density at radius 1 is 1.26 bits per heavy atom. The molecule has 0 saturated heterocycles. The fraction of sp³-hybridized carbons (Fsp3) is 0.357. The van der Waals surface area contributed by atoms with Crippen molar-refractivity contribution in [1.82, 2.24) is 4.98 Å². The number of benzene rings is 1. The third kappa shape index (κ3) is 2.43. The van der Waals surface area contributed by atoms with Crippen molar-refractivity contribution in [3.05, 3.63) is 34.5 Å². The van der Waals surface area contributed by atoms with Gasteiger partial charge in [0.05, 0.1) is 6.07 Å². The minimum atomic E-state index is -4.43. The summed E-state index contributed by atoms with van der Waals surface area (Å²) in [7, 11) is 0. The summed E-state index contributed by atoms with van der Waals surface area (Å²) >= 11 is 0. The van der Waals surface area contributed by atoms with Crippen molar-refractivity contribution in [2.45, 2.75) is 32.9 Å². The fourth-order valence-electron chi connectivity index (χ4n) is 2.47. The Bertz CT molecular complexity index is 660. The Morgan fingerprint density at radius 2 is 1.95 bits per heavy atom. The van der Waals surface area contributed by atoms with Gasteiger partial charge in [0.15, 0.2) is 0 Å². The summed E-state index contributed by atoms with van der Waals surface area (Å²) in [5.41, 5.74) is 1.66. The largest absolute Gasteiger partial charge is 0.431 e. The first-order valence-electron chi connectivity index (χ1n) is 5.90. The molecule has 0 aliphatic heterocycles. The summed E-state index contributed by atoms with van der Waals surface area (Å²) in [4.78, 5) is 2.46. The number of aromatic nitrogens is 1. The van der Waals surface area contributed by atoms with E-state index in [1.54, 1.807) is 13.0 Å². The molecule has 100 valence electrons. The van der Waals surface area contributed by atoms with Crippen LogP contribution < -0.4 is 0 Å². The third-order valence-corrected chi connectivity index (χ3v) is 3.11. The number of halogens is 3. The molecule has 0 aliphatic carbocycles. The van der Waals surface area contributed by atoms with Gasteiger partial charge < -0.3 is 4.98 Å². The number of nitrogens with zero attached hydrogens (tertiary/aromatic N) is 1. The molecule has 0 radical (unpaired) electrons. The smallest absolute Gasteiger partial charge is 0.351 e. The molecule has 2 rings (SSSR count). The van der Waals surface area contributed by atoms with E-state index < -0.39 is 11.9 Å². The number of nitriles is 1. The fourth-order valence-corrected chi connectivity index (χ4v) is 2.47. The van der Waals surface area contributed by atoms with Gasteiger partial charge in [-0.3, -0.25) is 0 Å². The van der Waals surface area contributed by atoms with Gasteiger partial charge in [0, 0.05) is 17.3 Å². The molecule has 1 heterocycles. The lowest BCUT2D eigenvalue weighted by Crippen LogP contribution is -2.08. The van der Waals surface area contributed by atoms with Gasteiger partial charge in [-0.25, -0.2) is 0 Å². The maximum absolute atomic E-state index is 13.0. The highest BCUT2D eigenvalue weighted by molar-refractivity contribution is 5.88. The lowest BCUT2D eigenvalue weighted by atomic mass is 10.00. The number of fused-ring (bicyclic) bond motifs is 1. The van der Waals surface area contributed by atoms with E-state index in [9.17, 15) is 13.2 Å². The molecule has 0 unspecified atom stereocenters. The van der Waals surface area contributed by atoms with Crippen molar-refractivity contribution in [3.8, 4) is 6.07 Å². The zero-order chi connectivity index (χ0) is 14.2. The van der Waals surface area contributed by atoms with E-state index in [0.29, 0.717) is 10.9 Å². The molecule has 0 atom stereocenters. The van der Waals surface area contributed by atoms with Crippen LogP contribution in [0.3, 0.4) is 0 Å². The van der Waals surface area contributed by atoms with Crippen molar-refractivity contribution < 1.29 is 13.2 Å². The van der Waals surface area contributed by atoms with Crippen LogP contribution in [0.2, 0.25) is 0 Å². The van der Waals surface area contributed by atoms with Crippen LogP contribution in [0, 0.1) is 25.2 Å². The monoisotopic (exact) mass is 266 g/mol. The highest BCUT2D eigenvalue weighted by Gasteiger charge is 2.36. The van der Waals surface area contributed by atoms with E-state index in [1.807, 2.05) is 19.1 Å². The lowest BCUT2D eigenvalue weighted by Gasteiger charge is -2.07. The third-order valence-electron chi connectivity index (χ3n) is 3.11. The van der Waals surface area contributed by atoms with Crippen LogP contribution in [-0.2, 0) is 12.6 Å². The van der Waals surface area contributed by atoms with Crippen molar-refractivity contribution >= 4 is 10.9 Å². The number of aryl methyl sites for hydroxylation is 3. The molecular weight excluding hydrogens is 253 g/mol. The van der Waals surface area contributed by atoms with Gasteiger partial charge in [-0.15, -0.1) is 0 Å². The average molecular weight is 266 g/mol. The van der Waals surface area contributed by atoms with Crippen LogP contribution in [0.1, 0.15) is 28.8 Å². The van der Waals surface area contributed by atoms with Gasteiger partial charge in [0.25, 0.3) is 0 Å². The Labute approximate surface area is 108 Å². The van der Waals surface area contributed by atoms with Gasteiger partial charge in [-0.1, -0.05) is 6.07 Å². The molecule has 2 nitrogen and oxygen atoms in total. The molecule has 0 bridgehead atoms. The maximum Gasteiger partial charge on any atom is 0.431 e. The number of H-pyrrole nitrogens is 1. The number of hydrogen-bond acceptors (Lipinski definition) is 1. The second-order valence-electron chi connectivity index (χ2n) is 4.64. The standard InChI is InChI=1S/C14H13F3N2/c1-8-6-9(2)12-10(4-3-5-18)13(14(15,16)17)19-11(12)7-8/h6-7,19H,3-4H2,1-2H3. The van der Waals surface area contributed by atoms with Crippen LogP contribution in [0.4, 0.5) is 13.2 Å². The molecule has 1 aromatic heterocycles. The molecule has 0 aliphatic rings. The quantitative estimate of drug-likeness (QED) is 0.866. The van der Waals surface area contributed by atoms with E-state index >= 15 is 0 Å². The van der Waals surface area contributed by atoms with Crippen molar-refractivity contribution in [1.29, 1.82) is 5.26 Å². The molecule has 2 aromatic rings. The Hall–Kier alpha value is -1.96. The highest BCUT2D eigenvalue weighted by Crippen LogP contribution is 2.37. The molecule has 0 spiro atoms. The molecule has 0 saturated carbocycles. The topological polar surface area (TPSA) is 39.6 Å². The second kappa shape index (κ2) is 4.61. The normalized spacial score (nSPS) is 11.8. The SMILES string of the molecule is Cc1cc(C)c2c(CCC#N)c(C(F)(F)F)[nH]c2c1. The van der Waals surface area contributed by atoms with Crippen molar-refractivity contribution in [2.75, 3.05) is 0 Å². The number of alkyl halides is 3. The number of rotatable bonds is 2. The Balaban J connectivity index is 2.75. The van der Waals surface area contributed by atoms with Crippen LogP contribution in [-0.4, -0.2) is 4.98 Å². The predicted molar refractivity (Wildman–Crippen MR) is 66.7 cm³/mol. The zero-order valence-corrected chi connectivity index (χ0v) is 10.7. The van der Waals surface area contributed by atoms with Crippen molar-refractivity contribution in [2.24, 2.45) is 0 Å². The van der Waals surface area contributed by atoms with Gasteiger partial charge in [0.2, 0.25) is 0 Å². The summed E-state index contributed by atoms with van der Waals surface area (Å²) in [5, 5.41) is 9.19. The summed E-state index contributed by atoms with van der Waals surface area (Å²) < 4.78 is 39.1. The summed E-state index contributed by atoms with van der Waals surface area (Å²) in [6.07, 6.45) is -4.25. The molecule has 0 fully saturated rings. The predicted octanol–water partition coefficient (Wildman–Crippen LogP) is 4.26. The number of hydrogen-bond donors (Lipinski definition) is 1. The van der Waals surface area contributed by atoms with Crippen LogP contribution in [0.25, 0.3) is 10.9 Å². The summed E-state index contributed by atoms with van der Waals surface area (Å²) in [5.74, 6) is 0. The molecule has 1 aromatic carbocycles. The molecule has 5 heteroatoms. The molecular formula is C14H13F3N2. The first-order chi connectivity index (χ1) is 8.84. The van der Waals surface area contributed by atoms with Gasteiger partial charge in [0.1, 0.15) is 5.69 Å². The Kier molecular flexibility index (Phi) is 3.27. The minimum Gasteiger partial charge on any atom is -0.351 e. The van der Waals surface area contributed by atoms with Crippen molar-refractivity contribution in [3.63, 3.8) is 0 Å². The first kappa shape index (κ1) is 13.5.